The van der Waals surface area contributed by atoms with Gasteiger partial charge in [0.15, 0.2) is 0 Å². The summed E-state index contributed by atoms with van der Waals surface area (Å²) in [6.07, 6.45) is 0. The summed E-state index contributed by atoms with van der Waals surface area (Å²) in [6.45, 7) is 1.69. The first-order chi connectivity index (χ1) is 9.02. The van der Waals surface area contributed by atoms with Crippen molar-refractivity contribution >= 4 is 23.2 Å². The lowest BCUT2D eigenvalue weighted by Crippen LogP contribution is -2.21. The summed E-state index contributed by atoms with van der Waals surface area (Å²) in [7, 11) is 0. The van der Waals surface area contributed by atoms with Crippen LogP contribution < -0.4 is 16.4 Å². The Bertz CT molecular complexity index is 466. The zero-order valence-electron chi connectivity index (χ0n) is 10.5. The van der Waals surface area contributed by atoms with Crippen molar-refractivity contribution in [3.63, 3.8) is 0 Å². The second-order valence-electron chi connectivity index (χ2n) is 3.77. The van der Waals surface area contributed by atoms with Gasteiger partial charge in [0.2, 0.25) is 11.8 Å². The van der Waals surface area contributed by atoms with Gasteiger partial charge >= 0.3 is 0 Å². The molecular formula is C12H16FN3O3. The molecule has 0 heterocycles. The molecule has 0 unspecified atom stereocenters. The highest BCUT2D eigenvalue weighted by Crippen LogP contribution is 2.19. The third-order valence-electron chi connectivity index (χ3n) is 2.06. The predicted octanol–water partition coefficient (Wildman–Crippen LogP) is 0.698. The van der Waals surface area contributed by atoms with Gasteiger partial charge in [-0.3, -0.25) is 9.59 Å². The minimum Gasteiger partial charge on any atom is -0.370 e. The Kier molecular flexibility index (Phi) is 5.91. The number of carbonyl (C=O) groups excluding carboxylic acids is 2. The lowest BCUT2D eigenvalue weighted by molar-refractivity contribution is -0.120. The van der Waals surface area contributed by atoms with Crippen LogP contribution in [0.1, 0.15) is 6.92 Å². The zero-order valence-corrected chi connectivity index (χ0v) is 10.5. The number of halogens is 1. The van der Waals surface area contributed by atoms with E-state index in [1.165, 1.54) is 19.1 Å². The summed E-state index contributed by atoms with van der Waals surface area (Å²) in [5.41, 5.74) is 5.58. The number of amides is 2. The van der Waals surface area contributed by atoms with Crippen LogP contribution >= 0.6 is 0 Å². The van der Waals surface area contributed by atoms with Gasteiger partial charge < -0.3 is 21.1 Å². The summed E-state index contributed by atoms with van der Waals surface area (Å²) in [6, 6.07) is 3.89. The average molecular weight is 269 g/mol. The third-order valence-corrected chi connectivity index (χ3v) is 2.06. The summed E-state index contributed by atoms with van der Waals surface area (Å²) in [5, 5.41) is 4.84. The molecule has 4 N–H and O–H groups in total. The van der Waals surface area contributed by atoms with E-state index in [0.29, 0.717) is 12.2 Å². The Labute approximate surface area is 110 Å². The summed E-state index contributed by atoms with van der Waals surface area (Å²) >= 11 is 0. The Hall–Kier alpha value is -1.99. The fourth-order valence-electron chi connectivity index (χ4n) is 1.34. The van der Waals surface area contributed by atoms with E-state index in [0.717, 1.165) is 6.07 Å². The molecular weight excluding hydrogens is 253 g/mol. The normalized spacial score (nSPS) is 10.1. The van der Waals surface area contributed by atoms with Crippen LogP contribution in [0.5, 0.6) is 0 Å². The van der Waals surface area contributed by atoms with Crippen LogP contribution in [-0.4, -0.2) is 31.6 Å². The van der Waals surface area contributed by atoms with E-state index in [1.807, 2.05) is 0 Å². The maximum atomic E-state index is 13.5. The van der Waals surface area contributed by atoms with Gasteiger partial charge in [-0.15, -0.1) is 0 Å². The standard InChI is InChI=1S/C12H16FN3O3/c1-8(17)15-9-2-3-10(13)11(6-9)16-12(18)7-19-5-4-14/h2-3,6H,4-5,7,14H2,1H3,(H,15,17)(H,16,18). The number of benzene rings is 1. The molecule has 0 saturated carbocycles. The minimum atomic E-state index is -0.596. The molecule has 6 nitrogen and oxygen atoms in total. The second-order valence-corrected chi connectivity index (χ2v) is 3.77. The summed E-state index contributed by atoms with van der Waals surface area (Å²) in [4.78, 5) is 22.3. The van der Waals surface area contributed by atoms with Crippen LogP contribution in [0.4, 0.5) is 15.8 Å². The van der Waals surface area contributed by atoms with Crippen LogP contribution in [0.15, 0.2) is 18.2 Å². The molecule has 19 heavy (non-hydrogen) atoms. The van der Waals surface area contributed by atoms with Crippen molar-refractivity contribution in [2.75, 3.05) is 30.4 Å². The van der Waals surface area contributed by atoms with Crippen molar-refractivity contribution < 1.29 is 18.7 Å². The van der Waals surface area contributed by atoms with Crippen LogP contribution in [0, 0.1) is 5.82 Å². The van der Waals surface area contributed by atoms with Crippen molar-refractivity contribution in [2.45, 2.75) is 6.92 Å². The van der Waals surface area contributed by atoms with Crippen molar-refractivity contribution in [1.82, 2.24) is 0 Å². The number of carbonyl (C=O) groups is 2. The van der Waals surface area contributed by atoms with E-state index < -0.39 is 11.7 Å². The number of hydrogen-bond acceptors (Lipinski definition) is 4. The minimum absolute atomic E-state index is 0.0207. The monoisotopic (exact) mass is 269 g/mol. The first-order valence-electron chi connectivity index (χ1n) is 5.67. The summed E-state index contributed by atoms with van der Waals surface area (Å²) in [5.74, 6) is -1.37. The molecule has 7 heteroatoms. The van der Waals surface area contributed by atoms with Gasteiger partial charge in [-0.05, 0) is 18.2 Å². The number of nitrogens with two attached hydrogens (primary N) is 1. The molecule has 1 aromatic rings. The molecule has 0 atom stereocenters. The van der Waals surface area contributed by atoms with E-state index in [2.05, 4.69) is 10.6 Å². The van der Waals surface area contributed by atoms with Gasteiger partial charge in [0.1, 0.15) is 12.4 Å². The molecule has 0 fully saturated rings. The number of ether oxygens (including phenoxy) is 1. The fraction of sp³-hybridized carbons (Fsp3) is 0.333. The second kappa shape index (κ2) is 7.45. The first-order valence-corrected chi connectivity index (χ1v) is 5.67. The largest absolute Gasteiger partial charge is 0.370 e. The molecule has 0 radical (unpaired) electrons. The molecule has 104 valence electrons. The van der Waals surface area contributed by atoms with E-state index in [4.69, 9.17) is 10.5 Å². The number of hydrogen-bond donors (Lipinski definition) is 3. The molecule has 1 aromatic carbocycles. The maximum absolute atomic E-state index is 13.5. The molecule has 0 bridgehead atoms. The smallest absolute Gasteiger partial charge is 0.250 e. The highest BCUT2D eigenvalue weighted by atomic mass is 19.1. The predicted molar refractivity (Wildman–Crippen MR) is 69.2 cm³/mol. The van der Waals surface area contributed by atoms with Gasteiger partial charge in [0, 0.05) is 19.2 Å². The fourth-order valence-corrected chi connectivity index (χ4v) is 1.34. The van der Waals surface area contributed by atoms with E-state index >= 15 is 0 Å². The van der Waals surface area contributed by atoms with Gasteiger partial charge in [0.25, 0.3) is 0 Å². The average Bonchev–Trinajstić information content (AvgIpc) is 2.33. The van der Waals surface area contributed by atoms with Crippen LogP contribution in [0.2, 0.25) is 0 Å². The first kappa shape index (κ1) is 15.1. The van der Waals surface area contributed by atoms with Gasteiger partial charge in [-0.2, -0.15) is 0 Å². The van der Waals surface area contributed by atoms with E-state index in [1.54, 1.807) is 0 Å². The quantitative estimate of drug-likeness (QED) is 0.663. The molecule has 2 amide bonds. The zero-order chi connectivity index (χ0) is 14.3. The molecule has 0 aliphatic heterocycles. The Morgan fingerprint density at radius 2 is 2.11 bits per heavy atom. The van der Waals surface area contributed by atoms with Crippen LogP contribution in [0.25, 0.3) is 0 Å². The lowest BCUT2D eigenvalue weighted by Gasteiger charge is -2.09. The number of rotatable bonds is 6. The van der Waals surface area contributed by atoms with E-state index in [9.17, 15) is 14.0 Å². The van der Waals surface area contributed by atoms with Crippen molar-refractivity contribution in [1.29, 1.82) is 0 Å². The van der Waals surface area contributed by atoms with E-state index in [-0.39, 0.29) is 24.8 Å². The van der Waals surface area contributed by atoms with Crippen molar-refractivity contribution in [2.24, 2.45) is 5.73 Å². The molecule has 0 spiro atoms. The van der Waals surface area contributed by atoms with Crippen molar-refractivity contribution in [3.8, 4) is 0 Å². The van der Waals surface area contributed by atoms with Crippen molar-refractivity contribution in [3.05, 3.63) is 24.0 Å². The highest BCUT2D eigenvalue weighted by Gasteiger charge is 2.08. The Balaban J connectivity index is 2.65. The topological polar surface area (TPSA) is 93.5 Å². The Morgan fingerprint density at radius 3 is 2.74 bits per heavy atom. The SMILES string of the molecule is CC(=O)Nc1ccc(F)c(NC(=O)COCCN)c1. The number of nitrogens with one attached hydrogen (secondary N) is 2. The maximum Gasteiger partial charge on any atom is 0.250 e. The molecule has 0 aliphatic carbocycles. The highest BCUT2D eigenvalue weighted by molar-refractivity contribution is 5.94. The molecule has 0 aliphatic rings. The molecule has 0 aromatic heterocycles. The number of anilines is 2. The lowest BCUT2D eigenvalue weighted by atomic mass is 10.2. The van der Waals surface area contributed by atoms with Crippen LogP contribution in [0.3, 0.4) is 0 Å². The molecule has 0 saturated heterocycles. The van der Waals surface area contributed by atoms with Crippen LogP contribution in [-0.2, 0) is 14.3 Å². The van der Waals surface area contributed by atoms with Gasteiger partial charge in [0.05, 0.1) is 12.3 Å². The third kappa shape index (κ3) is 5.45. The van der Waals surface area contributed by atoms with Gasteiger partial charge in [-0.1, -0.05) is 0 Å². The Morgan fingerprint density at radius 1 is 1.37 bits per heavy atom. The van der Waals surface area contributed by atoms with Gasteiger partial charge in [-0.25, -0.2) is 4.39 Å². The summed E-state index contributed by atoms with van der Waals surface area (Å²) < 4.78 is 18.4. The molecule has 1 rings (SSSR count).